The summed E-state index contributed by atoms with van der Waals surface area (Å²) >= 11 is 0. The molecule has 0 aromatic carbocycles. The van der Waals surface area contributed by atoms with E-state index < -0.39 is 34.5 Å². The van der Waals surface area contributed by atoms with Crippen LogP contribution in [0.3, 0.4) is 0 Å². The summed E-state index contributed by atoms with van der Waals surface area (Å²) in [6.07, 6.45) is 0.602. The lowest BCUT2D eigenvalue weighted by Gasteiger charge is -2.27. The van der Waals surface area contributed by atoms with E-state index in [1.54, 1.807) is 48.5 Å². The monoisotopic (exact) mass is 332 g/mol. The summed E-state index contributed by atoms with van der Waals surface area (Å²) in [6, 6.07) is 0. The highest BCUT2D eigenvalue weighted by Crippen LogP contribution is 2.30. The van der Waals surface area contributed by atoms with E-state index in [0.717, 1.165) is 0 Å². The number of carbonyl (C=O) groups excluding carboxylic acids is 2. The Bertz CT molecular complexity index is 400. The van der Waals surface area contributed by atoms with Crippen molar-refractivity contribution < 1.29 is 29.1 Å². The highest BCUT2D eigenvalue weighted by molar-refractivity contribution is 5.72. The van der Waals surface area contributed by atoms with Crippen molar-refractivity contribution in [1.29, 1.82) is 0 Å². The molecule has 0 bridgehead atoms. The molecule has 0 radical (unpaired) electrons. The molecule has 0 aliphatic heterocycles. The van der Waals surface area contributed by atoms with Crippen LogP contribution in [-0.4, -0.2) is 23.1 Å². The van der Waals surface area contributed by atoms with Crippen molar-refractivity contribution in [3.63, 3.8) is 0 Å². The van der Waals surface area contributed by atoms with E-state index in [1.807, 2.05) is 13.8 Å². The summed E-state index contributed by atoms with van der Waals surface area (Å²) in [5, 5.41) is 0. The summed E-state index contributed by atoms with van der Waals surface area (Å²) < 4.78 is 0. The van der Waals surface area contributed by atoms with Crippen molar-refractivity contribution in [2.24, 2.45) is 11.3 Å². The van der Waals surface area contributed by atoms with Gasteiger partial charge in [0.25, 0.3) is 0 Å². The first-order chi connectivity index (χ1) is 10.1. The lowest BCUT2D eigenvalue weighted by Crippen LogP contribution is -2.29. The van der Waals surface area contributed by atoms with E-state index in [4.69, 9.17) is 19.6 Å². The third-order valence-electron chi connectivity index (χ3n) is 2.64. The smallest absolute Gasteiger partial charge is 0.298 e. The number of hydrogen-bond donors (Lipinski definition) is 0. The van der Waals surface area contributed by atoms with E-state index in [9.17, 15) is 9.59 Å². The number of rotatable bonds is 7. The zero-order chi connectivity index (χ0) is 18.5. The van der Waals surface area contributed by atoms with Gasteiger partial charge in [-0.25, -0.2) is 9.59 Å². The number of hydrogen-bond acceptors (Lipinski definition) is 6. The zero-order valence-corrected chi connectivity index (χ0v) is 15.9. The van der Waals surface area contributed by atoms with E-state index in [1.165, 1.54) is 0 Å². The van der Waals surface area contributed by atoms with Crippen molar-refractivity contribution >= 4 is 11.9 Å². The van der Waals surface area contributed by atoms with Gasteiger partial charge >= 0.3 is 11.9 Å². The molecular weight excluding hydrogens is 300 g/mol. The molecule has 0 aliphatic rings. The van der Waals surface area contributed by atoms with E-state index in [0.29, 0.717) is 6.42 Å². The van der Waals surface area contributed by atoms with Crippen molar-refractivity contribution in [3.05, 3.63) is 0 Å². The van der Waals surface area contributed by atoms with Crippen molar-refractivity contribution in [3.8, 4) is 0 Å². The molecule has 6 heteroatoms. The molecule has 0 heterocycles. The largest absolute Gasteiger partial charge is 0.345 e. The second-order valence-electron chi connectivity index (χ2n) is 8.70. The van der Waals surface area contributed by atoms with Gasteiger partial charge in [-0.2, -0.15) is 9.78 Å². The van der Waals surface area contributed by atoms with Crippen LogP contribution in [0.15, 0.2) is 0 Å². The van der Waals surface area contributed by atoms with Gasteiger partial charge in [0.05, 0.1) is 12.3 Å². The molecule has 0 saturated heterocycles. The Morgan fingerprint density at radius 2 is 1.26 bits per heavy atom. The predicted molar refractivity (Wildman–Crippen MR) is 86.0 cm³/mol. The van der Waals surface area contributed by atoms with Gasteiger partial charge in [0.1, 0.15) is 11.2 Å². The lowest BCUT2D eigenvalue weighted by molar-refractivity contribution is -0.324. The Morgan fingerprint density at radius 3 is 1.70 bits per heavy atom. The average molecular weight is 332 g/mol. The highest BCUT2D eigenvalue weighted by atomic mass is 17.2. The standard InChI is InChI=1S/C17H32O6/c1-12(14(19)21-23-16(5,6)7)10-17(8,9)11-13(18)20-22-15(2,3)4/h12H,10-11H2,1-9H3. The molecule has 0 spiro atoms. The third-order valence-corrected chi connectivity index (χ3v) is 2.64. The average Bonchev–Trinajstić information content (AvgIpc) is 2.30. The minimum Gasteiger partial charge on any atom is -0.298 e. The van der Waals surface area contributed by atoms with Gasteiger partial charge in [0, 0.05) is 0 Å². The molecule has 23 heavy (non-hydrogen) atoms. The molecule has 136 valence electrons. The lowest BCUT2D eigenvalue weighted by atomic mass is 9.80. The van der Waals surface area contributed by atoms with Crippen LogP contribution in [0.25, 0.3) is 0 Å². The number of carbonyl (C=O) groups is 2. The first-order valence-electron chi connectivity index (χ1n) is 7.89. The molecule has 1 atom stereocenters. The van der Waals surface area contributed by atoms with E-state index in [2.05, 4.69) is 0 Å². The van der Waals surface area contributed by atoms with E-state index >= 15 is 0 Å². The van der Waals surface area contributed by atoms with Gasteiger partial charge in [-0.3, -0.25) is 9.78 Å². The molecule has 0 aliphatic carbocycles. The van der Waals surface area contributed by atoms with Gasteiger partial charge < -0.3 is 0 Å². The fourth-order valence-electron chi connectivity index (χ4n) is 1.82. The second-order valence-corrected chi connectivity index (χ2v) is 8.70. The maximum atomic E-state index is 11.9. The van der Waals surface area contributed by atoms with Crippen LogP contribution in [0.2, 0.25) is 0 Å². The Morgan fingerprint density at radius 1 is 0.826 bits per heavy atom. The van der Waals surface area contributed by atoms with E-state index in [-0.39, 0.29) is 6.42 Å². The van der Waals surface area contributed by atoms with Crippen LogP contribution in [-0.2, 0) is 29.1 Å². The van der Waals surface area contributed by atoms with Crippen LogP contribution < -0.4 is 0 Å². The quantitative estimate of drug-likeness (QED) is 0.519. The molecule has 0 amide bonds. The van der Waals surface area contributed by atoms with Crippen LogP contribution in [0.1, 0.15) is 75.2 Å². The van der Waals surface area contributed by atoms with Crippen LogP contribution in [0, 0.1) is 11.3 Å². The van der Waals surface area contributed by atoms with Crippen LogP contribution in [0.5, 0.6) is 0 Å². The van der Waals surface area contributed by atoms with Crippen molar-refractivity contribution in [1.82, 2.24) is 0 Å². The molecule has 0 saturated carbocycles. The first kappa shape index (κ1) is 21.9. The predicted octanol–water partition coefficient (Wildman–Crippen LogP) is 3.98. The van der Waals surface area contributed by atoms with Gasteiger partial charge in [0.2, 0.25) is 0 Å². The SMILES string of the molecule is CC(CC(C)(C)CC(=O)OOC(C)(C)C)C(=O)OOC(C)(C)C. The minimum absolute atomic E-state index is 0.140. The topological polar surface area (TPSA) is 71.1 Å². The molecule has 1 unspecified atom stereocenters. The first-order valence-corrected chi connectivity index (χ1v) is 7.89. The molecule has 0 aromatic rings. The second kappa shape index (κ2) is 8.11. The molecule has 0 fully saturated rings. The maximum absolute atomic E-state index is 11.9. The Kier molecular flexibility index (Phi) is 7.70. The van der Waals surface area contributed by atoms with Gasteiger partial charge in [-0.1, -0.05) is 20.8 Å². The molecular formula is C17H32O6. The van der Waals surface area contributed by atoms with Gasteiger partial charge in [-0.15, -0.1) is 0 Å². The minimum atomic E-state index is -0.557. The van der Waals surface area contributed by atoms with Crippen LogP contribution in [0.4, 0.5) is 0 Å². The summed E-state index contributed by atoms with van der Waals surface area (Å²) in [6.45, 7) is 16.3. The normalized spacial score (nSPS) is 14.3. The molecule has 0 N–H and O–H groups in total. The zero-order valence-electron chi connectivity index (χ0n) is 15.9. The molecule has 0 aromatic heterocycles. The Labute approximate surface area is 139 Å². The Hall–Kier alpha value is -1.14. The van der Waals surface area contributed by atoms with Crippen LogP contribution >= 0.6 is 0 Å². The van der Waals surface area contributed by atoms with Gasteiger partial charge in [-0.05, 0) is 53.4 Å². The maximum Gasteiger partial charge on any atom is 0.345 e. The van der Waals surface area contributed by atoms with Gasteiger partial charge in [0.15, 0.2) is 0 Å². The molecule has 0 rings (SSSR count). The summed E-state index contributed by atoms with van der Waals surface area (Å²) in [5.41, 5.74) is -1.54. The fourth-order valence-corrected chi connectivity index (χ4v) is 1.82. The molecule has 6 nitrogen and oxygen atoms in total. The third kappa shape index (κ3) is 12.0. The highest BCUT2D eigenvalue weighted by Gasteiger charge is 2.31. The summed E-state index contributed by atoms with van der Waals surface area (Å²) in [4.78, 5) is 43.4. The summed E-state index contributed by atoms with van der Waals surface area (Å²) in [5.74, 6) is -1.31. The van der Waals surface area contributed by atoms with Crippen molar-refractivity contribution in [2.45, 2.75) is 86.4 Å². The fraction of sp³-hybridized carbons (Fsp3) is 0.882. The summed E-state index contributed by atoms with van der Waals surface area (Å²) in [7, 11) is 0. The van der Waals surface area contributed by atoms with Crippen molar-refractivity contribution in [2.75, 3.05) is 0 Å². The Balaban J connectivity index is 4.38.